The van der Waals surface area contributed by atoms with E-state index in [0.717, 1.165) is 42.1 Å². The average molecular weight is 337 g/mol. The molecule has 0 saturated carbocycles. The van der Waals surface area contributed by atoms with Gasteiger partial charge in [0, 0.05) is 25.2 Å². The number of aromatic nitrogens is 1. The second-order valence-corrected chi connectivity index (χ2v) is 7.31. The molecule has 1 aliphatic rings. The number of hydrogen-bond donors (Lipinski definition) is 0. The van der Waals surface area contributed by atoms with Crippen LogP contribution in [0.15, 0.2) is 48.5 Å². The number of hydrazine groups is 1. The first kappa shape index (κ1) is 15.3. The second-order valence-electron chi connectivity index (χ2n) is 6.07. The molecular formula is C19H19N3OS. The predicted octanol–water partition coefficient (Wildman–Crippen LogP) is 3.87. The summed E-state index contributed by atoms with van der Waals surface area (Å²) in [5, 5.41) is 5.13. The van der Waals surface area contributed by atoms with E-state index >= 15 is 0 Å². The van der Waals surface area contributed by atoms with Crippen molar-refractivity contribution in [3.05, 3.63) is 64.7 Å². The second kappa shape index (κ2) is 6.34. The minimum absolute atomic E-state index is 0.0859. The van der Waals surface area contributed by atoms with Gasteiger partial charge in [-0.15, -0.1) is 11.3 Å². The van der Waals surface area contributed by atoms with E-state index in [0.29, 0.717) is 0 Å². The van der Waals surface area contributed by atoms with Crippen LogP contribution in [0.25, 0.3) is 10.2 Å². The van der Waals surface area contributed by atoms with Gasteiger partial charge in [0.1, 0.15) is 0 Å². The molecule has 4 nitrogen and oxygen atoms in total. The maximum atomic E-state index is 12.7. The Morgan fingerprint density at radius 2 is 2.00 bits per heavy atom. The number of carbonyl (C=O) groups excluding carboxylic acids is 1. The smallest absolute Gasteiger partial charge is 0.268 e. The fourth-order valence-electron chi connectivity index (χ4n) is 3.18. The molecule has 3 aromatic rings. The molecule has 1 aliphatic heterocycles. The molecule has 1 aromatic heterocycles. The van der Waals surface area contributed by atoms with E-state index in [1.807, 2.05) is 42.3 Å². The van der Waals surface area contributed by atoms with E-state index in [1.54, 1.807) is 11.3 Å². The summed E-state index contributed by atoms with van der Waals surface area (Å²) in [6, 6.07) is 15.9. The molecule has 0 radical (unpaired) electrons. The molecule has 0 spiro atoms. The largest absolute Gasteiger partial charge is 0.271 e. The van der Waals surface area contributed by atoms with Gasteiger partial charge >= 0.3 is 0 Å². The maximum Gasteiger partial charge on any atom is 0.268 e. The number of fused-ring (bicyclic) bond motifs is 1. The minimum atomic E-state index is 0.0859. The molecule has 2 heterocycles. The predicted molar refractivity (Wildman–Crippen MR) is 96.9 cm³/mol. The Balaban J connectivity index is 1.55. The van der Waals surface area contributed by atoms with Crippen LogP contribution in [0, 0.1) is 6.92 Å². The zero-order valence-electron chi connectivity index (χ0n) is 13.6. The highest BCUT2D eigenvalue weighted by Crippen LogP contribution is 2.24. The summed E-state index contributed by atoms with van der Waals surface area (Å²) in [4.78, 5) is 17.2. The van der Waals surface area contributed by atoms with Crippen LogP contribution in [0.3, 0.4) is 0 Å². The van der Waals surface area contributed by atoms with Gasteiger partial charge in [0.25, 0.3) is 5.91 Å². The molecule has 122 valence electrons. The van der Waals surface area contributed by atoms with Gasteiger partial charge in [-0.25, -0.2) is 9.99 Å². The third kappa shape index (κ3) is 2.92. The number of nitrogens with zero attached hydrogens (tertiary/aromatic N) is 3. The van der Waals surface area contributed by atoms with Gasteiger partial charge in [0.15, 0.2) is 0 Å². The summed E-state index contributed by atoms with van der Waals surface area (Å²) in [5.74, 6) is 0.0859. The molecule has 5 heteroatoms. The van der Waals surface area contributed by atoms with Crippen LogP contribution in [0.5, 0.6) is 0 Å². The normalized spacial score (nSPS) is 15.3. The first-order valence-corrected chi connectivity index (χ1v) is 9.00. The molecule has 1 saturated heterocycles. The van der Waals surface area contributed by atoms with Crippen molar-refractivity contribution in [3.63, 3.8) is 0 Å². The molecule has 1 fully saturated rings. The van der Waals surface area contributed by atoms with Crippen molar-refractivity contribution in [2.45, 2.75) is 19.9 Å². The zero-order chi connectivity index (χ0) is 16.5. The topological polar surface area (TPSA) is 36.4 Å². The van der Waals surface area contributed by atoms with E-state index < -0.39 is 0 Å². The third-order valence-electron chi connectivity index (χ3n) is 4.31. The lowest BCUT2D eigenvalue weighted by atomic mass is 10.2. The summed E-state index contributed by atoms with van der Waals surface area (Å²) in [6.07, 6.45) is 1.01. The number of carbonyl (C=O) groups is 1. The van der Waals surface area contributed by atoms with Gasteiger partial charge in [-0.1, -0.05) is 24.3 Å². The van der Waals surface area contributed by atoms with Gasteiger partial charge in [0.2, 0.25) is 0 Å². The highest BCUT2D eigenvalue weighted by atomic mass is 32.1. The standard InChI is InChI=1S/C19H19N3OS/c1-14-20-17-9-8-15(12-18(17)24-14)13-21-10-5-11-22(21)19(23)16-6-3-2-4-7-16/h2-4,6-9,12H,5,10-11,13H2,1H3. The van der Waals surface area contributed by atoms with Crippen molar-refractivity contribution in [3.8, 4) is 0 Å². The van der Waals surface area contributed by atoms with Crippen LogP contribution < -0.4 is 0 Å². The fourth-order valence-corrected chi connectivity index (χ4v) is 4.07. The SMILES string of the molecule is Cc1nc2ccc(CN3CCCN3C(=O)c3ccccc3)cc2s1. The molecule has 0 bridgehead atoms. The van der Waals surface area contributed by atoms with Gasteiger partial charge < -0.3 is 0 Å². The lowest BCUT2D eigenvalue weighted by molar-refractivity contribution is 0.0171. The molecule has 1 amide bonds. The minimum Gasteiger partial charge on any atom is -0.271 e. The first-order chi connectivity index (χ1) is 11.7. The Hall–Kier alpha value is -2.24. The van der Waals surface area contributed by atoms with Crippen LogP contribution in [0.1, 0.15) is 27.3 Å². The van der Waals surface area contributed by atoms with Gasteiger partial charge in [-0.3, -0.25) is 9.80 Å². The van der Waals surface area contributed by atoms with E-state index in [2.05, 4.69) is 28.2 Å². The van der Waals surface area contributed by atoms with Gasteiger partial charge in [-0.2, -0.15) is 0 Å². The summed E-state index contributed by atoms with van der Waals surface area (Å²) in [5.41, 5.74) is 3.02. The monoisotopic (exact) mass is 337 g/mol. The molecule has 0 unspecified atom stereocenters. The summed E-state index contributed by atoms with van der Waals surface area (Å²) in [6.45, 7) is 4.49. The van der Waals surface area contributed by atoms with E-state index in [-0.39, 0.29) is 5.91 Å². The van der Waals surface area contributed by atoms with E-state index in [9.17, 15) is 4.79 Å². The van der Waals surface area contributed by atoms with Crippen LogP contribution in [0.4, 0.5) is 0 Å². The molecule has 0 aliphatic carbocycles. The van der Waals surface area contributed by atoms with Crippen molar-refractivity contribution < 1.29 is 4.79 Å². The average Bonchev–Trinajstić information content (AvgIpc) is 3.20. The first-order valence-electron chi connectivity index (χ1n) is 8.18. The molecule has 0 N–H and O–H groups in total. The van der Waals surface area contributed by atoms with Crippen molar-refractivity contribution in [2.24, 2.45) is 0 Å². The summed E-state index contributed by atoms with van der Waals surface area (Å²) >= 11 is 1.72. The van der Waals surface area contributed by atoms with Crippen LogP contribution in [-0.4, -0.2) is 34.0 Å². The number of thiazole rings is 1. The number of amides is 1. The highest BCUT2D eigenvalue weighted by molar-refractivity contribution is 7.18. The number of rotatable bonds is 3. The molecule has 0 atom stereocenters. The van der Waals surface area contributed by atoms with Crippen molar-refractivity contribution in [1.29, 1.82) is 0 Å². The Morgan fingerprint density at radius 3 is 2.83 bits per heavy atom. The Labute approximate surface area is 145 Å². The number of aryl methyl sites for hydroxylation is 1. The van der Waals surface area contributed by atoms with Crippen LogP contribution in [-0.2, 0) is 6.54 Å². The summed E-state index contributed by atoms with van der Waals surface area (Å²) < 4.78 is 1.21. The van der Waals surface area contributed by atoms with Crippen molar-refractivity contribution in [2.75, 3.05) is 13.1 Å². The molecular weight excluding hydrogens is 318 g/mol. The lowest BCUT2D eigenvalue weighted by Crippen LogP contribution is -2.40. The Kier molecular flexibility index (Phi) is 4.04. The van der Waals surface area contributed by atoms with Crippen molar-refractivity contribution >= 4 is 27.5 Å². The highest BCUT2D eigenvalue weighted by Gasteiger charge is 2.27. The summed E-state index contributed by atoms with van der Waals surface area (Å²) in [7, 11) is 0. The maximum absolute atomic E-state index is 12.7. The van der Waals surface area contributed by atoms with E-state index in [4.69, 9.17) is 0 Å². The Morgan fingerprint density at radius 1 is 1.17 bits per heavy atom. The van der Waals surface area contributed by atoms with Crippen molar-refractivity contribution in [1.82, 2.24) is 15.0 Å². The number of benzene rings is 2. The molecule has 4 rings (SSSR count). The zero-order valence-corrected chi connectivity index (χ0v) is 14.4. The molecule has 24 heavy (non-hydrogen) atoms. The van der Waals surface area contributed by atoms with Gasteiger partial charge in [0.05, 0.1) is 15.2 Å². The number of hydrogen-bond acceptors (Lipinski definition) is 4. The van der Waals surface area contributed by atoms with Crippen LogP contribution >= 0.6 is 11.3 Å². The third-order valence-corrected chi connectivity index (χ3v) is 5.24. The fraction of sp³-hybridized carbons (Fsp3) is 0.263. The lowest BCUT2D eigenvalue weighted by Gasteiger charge is -2.28. The van der Waals surface area contributed by atoms with Gasteiger partial charge in [-0.05, 0) is 43.2 Å². The quantitative estimate of drug-likeness (QED) is 0.728. The van der Waals surface area contributed by atoms with E-state index in [1.165, 1.54) is 10.3 Å². The van der Waals surface area contributed by atoms with Crippen LogP contribution in [0.2, 0.25) is 0 Å². The Bertz CT molecular complexity index is 875. The molecule has 2 aromatic carbocycles.